The molecule has 0 spiro atoms. The molecule has 0 aromatic heterocycles. The van der Waals surface area contributed by atoms with Crippen LogP contribution in [0.1, 0.15) is 23.7 Å². The highest BCUT2D eigenvalue weighted by atomic mass is 16.2. The Morgan fingerprint density at radius 3 is 2.40 bits per heavy atom. The van der Waals surface area contributed by atoms with Crippen LogP contribution < -0.4 is 16.4 Å². The molecule has 0 saturated heterocycles. The van der Waals surface area contributed by atoms with Gasteiger partial charge in [0.15, 0.2) is 0 Å². The summed E-state index contributed by atoms with van der Waals surface area (Å²) in [4.78, 5) is 26.5. The molecule has 6 nitrogen and oxygen atoms in total. The molecule has 1 rings (SSSR count). The van der Waals surface area contributed by atoms with Crippen molar-refractivity contribution >= 4 is 23.2 Å². The molecule has 6 heteroatoms. The number of carbonyl (C=O) groups is 2. The SMILES string of the molecule is CCCN(CC(=O)N(C)C)c1cc(C(N)=O)ccc1N. The van der Waals surface area contributed by atoms with Gasteiger partial charge >= 0.3 is 0 Å². The first-order chi connectivity index (χ1) is 9.36. The minimum atomic E-state index is -0.512. The summed E-state index contributed by atoms with van der Waals surface area (Å²) in [6.07, 6.45) is 0.862. The van der Waals surface area contributed by atoms with Crippen LogP contribution in [0.3, 0.4) is 0 Å². The minimum Gasteiger partial charge on any atom is -0.397 e. The Morgan fingerprint density at radius 2 is 1.90 bits per heavy atom. The first-order valence-corrected chi connectivity index (χ1v) is 6.51. The van der Waals surface area contributed by atoms with E-state index in [4.69, 9.17) is 11.5 Å². The van der Waals surface area contributed by atoms with Crippen LogP contribution in [0.4, 0.5) is 11.4 Å². The lowest BCUT2D eigenvalue weighted by Gasteiger charge is -2.26. The molecule has 110 valence electrons. The van der Waals surface area contributed by atoms with E-state index in [9.17, 15) is 9.59 Å². The van der Waals surface area contributed by atoms with Crippen LogP contribution >= 0.6 is 0 Å². The second kappa shape index (κ2) is 6.79. The van der Waals surface area contributed by atoms with E-state index in [1.807, 2.05) is 11.8 Å². The highest BCUT2D eigenvalue weighted by Crippen LogP contribution is 2.25. The third-order valence-corrected chi connectivity index (χ3v) is 2.97. The molecule has 4 N–H and O–H groups in total. The highest BCUT2D eigenvalue weighted by Gasteiger charge is 2.16. The molecule has 0 fully saturated rings. The summed E-state index contributed by atoms with van der Waals surface area (Å²) in [6, 6.07) is 4.85. The Bertz CT molecular complexity index is 500. The molecule has 0 heterocycles. The van der Waals surface area contributed by atoms with Crippen molar-refractivity contribution in [2.24, 2.45) is 5.73 Å². The van der Waals surface area contributed by atoms with Gasteiger partial charge in [-0.3, -0.25) is 9.59 Å². The maximum Gasteiger partial charge on any atom is 0.248 e. The van der Waals surface area contributed by atoms with E-state index in [2.05, 4.69) is 0 Å². The van der Waals surface area contributed by atoms with Gasteiger partial charge in [0.25, 0.3) is 0 Å². The predicted octanol–water partition coefficient (Wildman–Crippen LogP) is 0.672. The normalized spacial score (nSPS) is 10.2. The number of benzene rings is 1. The molecule has 0 aliphatic carbocycles. The third-order valence-electron chi connectivity index (χ3n) is 2.97. The maximum absolute atomic E-state index is 11.9. The molecular weight excluding hydrogens is 256 g/mol. The van der Waals surface area contributed by atoms with Crippen LogP contribution in [0.2, 0.25) is 0 Å². The number of amides is 2. The largest absolute Gasteiger partial charge is 0.397 e. The van der Waals surface area contributed by atoms with Crippen molar-refractivity contribution in [3.05, 3.63) is 23.8 Å². The number of hydrogen-bond acceptors (Lipinski definition) is 4. The van der Waals surface area contributed by atoms with Gasteiger partial charge in [-0.2, -0.15) is 0 Å². The molecule has 20 heavy (non-hydrogen) atoms. The summed E-state index contributed by atoms with van der Waals surface area (Å²) in [7, 11) is 3.41. The standard InChI is InChI=1S/C14H22N4O2/c1-4-7-18(9-13(19)17(2)3)12-8-10(14(16)20)5-6-11(12)15/h5-6,8H,4,7,9,15H2,1-3H3,(H2,16,20). The van der Waals surface area contributed by atoms with Gasteiger partial charge in [0.1, 0.15) is 0 Å². The molecule has 1 aromatic carbocycles. The Kier molecular flexibility index (Phi) is 5.37. The zero-order chi connectivity index (χ0) is 15.3. The van der Waals surface area contributed by atoms with E-state index in [1.165, 1.54) is 4.90 Å². The van der Waals surface area contributed by atoms with Crippen LogP contribution in [0.5, 0.6) is 0 Å². The van der Waals surface area contributed by atoms with E-state index in [1.54, 1.807) is 32.3 Å². The number of anilines is 2. The molecule has 0 bridgehead atoms. The Balaban J connectivity index is 3.10. The van der Waals surface area contributed by atoms with Crippen molar-refractivity contribution in [3.63, 3.8) is 0 Å². The van der Waals surface area contributed by atoms with Crippen LogP contribution in [-0.2, 0) is 4.79 Å². The molecule has 0 atom stereocenters. The topological polar surface area (TPSA) is 92.7 Å². The molecule has 0 saturated carbocycles. The number of hydrogen-bond donors (Lipinski definition) is 2. The van der Waals surface area contributed by atoms with Crippen molar-refractivity contribution in [1.82, 2.24) is 4.90 Å². The maximum atomic E-state index is 11.9. The number of rotatable bonds is 6. The van der Waals surface area contributed by atoms with E-state index in [-0.39, 0.29) is 12.5 Å². The summed E-state index contributed by atoms with van der Waals surface area (Å²) in [6.45, 7) is 2.90. The summed E-state index contributed by atoms with van der Waals surface area (Å²) < 4.78 is 0. The van der Waals surface area contributed by atoms with Crippen LogP contribution in [-0.4, -0.2) is 43.9 Å². The smallest absolute Gasteiger partial charge is 0.248 e. The van der Waals surface area contributed by atoms with Gasteiger partial charge < -0.3 is 21.3 Å². The molecule has 0 aliphatic rings. The van der Waals surface area contributed by atoms with Gasteiger partial charge in [0.2, 0.25) is 11.8 Å². The zero-order valence-electron chi connectivity index (χ0n) is 12.2. The zero-order valence-corrected chi connectivity index (χ0v) is 12.2. The second-order valence-electron chi connectivity index (χ2n) is 4.85. The third kappa shape index (κ3) is 3.88. The second-order valence-corrected chi connectivity index (χ2v) is 4.85. The van der Waals surface area contributed by atoms with Gasteiger partial charge in [-0.05, 0) is 24.6 Å². The van der Waals surface area contributed by atoms with Crippen molar-refractivity contribution in [3.8, 4) is 0 Å². The van der Waals surface area contributed by atoms with Crippen LogP contribution in [0.25, 0.3) is 0 Å². The van der Waals surface area contributed by atoms with Gasteiger partial charge in [0.05, 0.1) is 17.9 Å². The lowest BCUT2D eigenvalue weighted by atomic mass is 10.1. The minimum absolute atomic E-state index is 0.0256. The van der Waals surface area contributed by atoms with Gasteiger partial charge in [-0.25, -0.2) is 0 Å². The van der Waals surface area contributed by atoms with E-state index >= 15 is 0 Å². The highest BCUT2D eigenvalue weighted by molar-refractivity contribution is 5.95. The van der Waals surface area contributed by atoms with Crippen molar-refractivity contribution in [1.29, 1.82) is 0 Å². The number of nitrogens with zero attached hydrogens (tertiary/aromatic N) is 2. The quantitative estimate of drug-likeness (QED) is 0.748. The lowest BCUT2D eigenvalue weighted by Crippen LogP contribution is -2.37. The molecular formula is C14H22N4O2. The Labute approximate surface area is 119 Å². The van der Waals surface area contributed by atoms with E-state index in [0.717, 1.165) is 6.42 Å². The average molecular weight is 278 g/mol. The van der Waals surface area contributed by atoms with Crippen molar-refractivity contribution < 1.29 is 9.59 Å². The summed E-state index contributed by atoms with van der Waals surface area (Å²) in [5.41, 5.74) is 12.8. The van der Waals surface area contributed by atoms with Gasteiger partial charge in [-0.1, -0.05) is 6.92 Å². The van der Waals surface area contributed by atoms with Crippen molar-refractivity contribution in [2.45, 2.75) is 13.3 Å². The molecule has 0 aliphatic heterocycles. The van der Waals surface area contributed by atoms with Gasteiger partial charge in [-0.15, -0.1) is 0 Å². The van der Waals surface area contributed by atoms with Crippen LogP contribution in [0, 0.1) is 0 Å². The molecule has 0 unspecified atom stereocenters. The fourth-order valence-corrected chi connectivity index (χ4v) is 1.83. The fourth-order valence-electron chi connectivity index (χ4n) is 1.83. The summed E-state index contributed by atoms with van der Waals surface area (Å²) in [5.74, 6) is -0.538. The first kappa shape index (κ1) is 15.8. The summed E-state index contributed by atoms with van der Waals surface area (Å²) >= 11 is 0. The molecule has 2 amide bonds. The molecule has 0 radical (unpaired) electrons. The lowest BCUT2D eigenvalue weighted by molar-refractivity contribution is -0.127. The molecule has 1 aromatic rings. The summed E-state index contributed by atoms with van der Waals surface area (Å²) in [5, 5.41) is 0. The monoisotopic (exact) mass is 278 g/mol. The first-order valence-electron chi connectivity index (χ1n) is 6.51. The fraction of sp³-hybridized carbons (Fsp3) is 0.429. The van der Waals surface area contributed by atoms with Gasteiger partial charge in [0, 0.05) is 26.2 Å². The van der Waals surface area contributed by atoms with Crippen LogP contribution in [0.15, 0.2) is 18.2 Å². The number of nitrogens with two attached hydrogens (primary N) is 2. The Hall–Kier alpha value is -2.24. The number of nitrogen functional groups attached to an aromatic ring is 1. The van der Waals surface area contributed by atoms with E-state index in [0.29, 0.717) is 23.5 Å². The number of carbonyl (C=O) groups excluding carboxylic acids is 2. The predicted molar refractivity (Wildman–Crippen MR) is 80.6 cm³/mol. The average Bonchev–Trinajstić information content (AvgIpc) is 2.38. The van der Waals surface area contributed by atoms with Crippen molar-refractivity contribution in [2.75, 3.05) is 37.8 Å². The number of likely N-dealkylation sites (N-methyl/N-ethyl adjacent to an activating group) is 1. The number of primary amides is 1. The van der Waals surface area contributed by atoms with E-state index < -0.39 is 5.91 Å². The Morgan fingerprint density at radius 1 is 1.25 bits per heavy atom.